The third-order valence-electron chi connectivity index (χ3n) is 2.84. The van der Waals surface area contributed by atoms with Crippen molar-refractivity contribution in [3.05, 3.63) is 34.9 Å². The highest BCUT2D eigenvalue weighted by Gasteiger charge is 2.18. The predicted octanol–water partition coefficient (Wildman–Crippen LogP) is 1.70. The number of nitrogens with two attached hydrogens (primary N) is 1. The number of aryl methyl sites for hydroxylation is 2. The Labute approximate surface area is 103 Å². The van der Waals surface area contributed by atoms with Crippen molar-refractivity contribution in [2.45, 2.75) is 39.7 Å². The van der Waals surface area contributed by atoms with Crippen LogP contribution >= 0.6 is 0 Å². The van der Waals surface area contributed by atoms with Crippen molar-refractivity contribution in [1.29, 1.82) is 0 Å². The van der Waals surface area contributed by atoms with Gasteiger partial charge in [-0.05, 0) is 38.8 Å². The summed E-state index contributed by atoms with van der Waals surface area (Å²) in [4.78, 5) is 11.9. The second-order valence-corrected chi connectivity index (χ2v) is 5.24. The SMILES string of the molecule is Cc1ccc(C)c(CC(=O)NC(C)(C)CN)c1. The molecule has 0 aliphatic heterocycles. The average Bonchev–Trinajstić information content (AvgIpc) is 2.23. The monoisotopic (exact) mass is 234 g/mol. The van der Waals surface area contributed by atoms with Crippen LogP contribution in [0.2, 0.25) is 0 Å². The molecule has 3 heteroatoms. The van der Waals surface area contributed by atoms with Crippen LogP contribution in [-0.2, 0) is 11.2 Å². The first-order valence-corrected chi connectivity index (χ1v) is 5.91. The number of benzene rings is 1. The van der Waals surface area contributed by atoms with Gasteiger partial charge in [0.2, 0.25) is 5.91 Å². The minimum Gasteiger partial charge on any atom is -0.350 e. The van der Waals surface area contributed by atoms with Gasteiger partial charge in [0.15, 0.2) is 0 Å². The van der Waals surface area contributed by atoms with Crippen molar-refractivity contribution in [3.8, 4) is 0 Å². The van der Waals surface area contributed by atoms with Gasteiger partial charge in [-0.15, -0.1) is 0 Å². The summed E-state index contributed by atoms with van der Waals surface area (Å²) in [6, 6.07) is 6.16. The first kappa shape index (κ1) is 13.7. The van der Waals surface area contributed by atoms with Gasteiger partial charge in [0.25, 0.3) is 0 Å². The van der Waals surface area contributed by atoms with Gasteiger partial charge in [0, 0.05) is 12.1 Å². The summed E-state index contributed by atoms with van der Waals surface area (Å²) >= 11 is 0. The lowest BCUT2D eigenvalue weighted by Crippen LogP contribution is -2.49. The van der Waals surface area contributed by atoms with Crippen LogP contribution < -0.4 is 11.1 Å². The molecule has 0 bridgehead atoms. The molecule has 3 N–H and O–H groups in total. The number of nitrogens with one attached hydrogen (secondary N) is 1. The van der Waals surface area contributed by atoms with Crippen molar-refractivity contribution >= 4 is 5.91 Å². The van der Waals surface area contributed by atoms with Crippen molar-refractivity contribution in [2.24, 2.45) is 5.73 Å². The fraction of sp³-hybridized carbons (Fsp3) is 0.500. The Kier molecular flexibility index (Phi) is 4.29. The van der Waals surface area contributed by atoms with E-state index in [1.807, 2.05) is 33.8 Å². The van der Waals surface area contributed by atoms with Crippen molar-refractivity contribution in [1.82, 2.24) is 5.32 Å². The van der Waals surface area contributed by atoms with Crippen LogP contribution in [0.4, 0.5) is 0 Å². The second kappa shape index (κ2) is 5.32. The fourth-order valence-electron chi connectivity index (χ4n) is 1.64. The zero-order valence-electron chi connectivity index (χ0n) is 11.1. The second-order valence-electron chi connectivity index (χ2n) is 5.24. The molecule has 0 heterocycles. The van der Waals surface area contributed by atoms with E-state index in [4.69, 9.17) is 5.73 Å². The summed E-state index contributed by atoms with van der Waals surface area (Å²) in [7, 11) is 0. The Morgan fingerprint density at radius 3 is 2.59 bits per heavy atom. The summed E-state index contributed by atoms with van der Waals surface area (Å²) in [5.74, 6) is 0.0224. The highest BCUT2D eigenvalue weighted by atomic mass is 16.1. The Morgan fingerprint density at radius 2 is 2.00 bits per heavy atom. The molecule has 0 aliphatic rings. The van der Waals surface area contributed by atoms with Gasteiger partial charge >= 0.3 is 0 Å². The van der Waals surface area contributed by atoms with Gasteiger partial charge in [0.05, 0.1) is 6.42 Å². The number of amides is 1. The van der Waals surface area contributed by atoms with E-state index >= 15 is 0 Å². The van der Waals surface area contributed by atoms with Gasteiger partial charge in [0.1, 0.15) is 0 Å². The topological polar surface area (TPSA) is 55.1 Å². The maximum absolute atomic E-state index is 11.9. The summed E-state index contributed by atoms with van der Waals surface area (Å²) in [6.07, 6.45) is 0.414. The first-order chi connectivity index (χ1) is 7.84. The maximum Gasteiger partial charge on any atom is 0.224 e. The maximum atomic E-state index is 11.9. The molecule has 17 heavy (non-hydrogen) atoms. The van der Waals surface area contributed by atoms with E-state index in [2.05, 4.69) is 17.4 Å². The van der Waals surface area contributed by atoms with Crippen LogP contribution in [0.15, 0.2) is 18.2 Å². The Bertz CT molecular complexity index is 411. The smallest absolute Gasteiger partial charge is 0.224 e. The van der Waals surface area contributed by atoms with Gasteiger partial charge in [-0.3, -0.25) is 4.79 Å². The Morgan fingerprint density at radius 1 is 1.35 bits per heavy atom. The van der Waals surface area contributed by atoms with Crippen molar-refractivity contribution in [2.75, 3.05) is 6.54 Å². The molecule has 0 fully saturated rings. The number of hydrogen-bond acceptors (Lipinski definition) is 2. The quantitative estimate of drug-likeness (QED) is 0.833. The lowest BCUT2D eigenvalue weighted by atomic mass is 10.0. The van der Waals surface area contributed by atoms with E-state index in [0.717, 1.165) is 11.1 Å². The third-order valence-corrected chi connectivity index (χ3v) is 2.84. The minimum atomic E-state index is -0.338. The molecule has 0 unspecified atom stereocenters. The van der Waals surface area contributed by atoms with Crippen molar-refractivity contribution < 1.29 is 4.79 Å². The molecule has 0 spiro atoms. The largest absolute Gasteiger partial charge is 0.350 e. The summed E-state index contributed by atoms with van der Waals surface area (Å²) in [6.45, 7) is 8.34. The number of rotatable bonds is 4. The molecule has 0 saturated heterocycles. The van der Waals surface area contributed by atoms with Crippen LogP contribution in [-0.4, -0.2) is 18.0 Å². The van der Waals surface area contributed by atoms with Crippen LogP contribution in [0, 0.1) is 13.8 Å². The highest BCUT2D eigenvalue weighted by molar-refractivity contribution is 5.79. The third kappa shape index (κ3) is 4.19. The van der Waals surface area contributed by atoms with E-state index < -0.39 is 0 Å². The highest BCUT2D eigenvalue weighted by Crippen LogP contribution is 2.11. The average molecular weight is 234 g/mol. The van der Waals surface area contributed by atoms with Crippen LogP contribution in [0.25, 0.3) is 0 Å². The van der Waals surface area contributed by atoms with E-state index in [1.165, 1.54) is 5.56 Å². The summed E-state index contributed by atoms with van der Waals surface area (Å²) < 4.78 is 0. The number of carbonyl (C=O) groups excluding carboxylic acids is 1. The van der Waals surface area contributed by atoms with E-state index in [9.17, 15) is 4.79 Å². The Balaban J connectivity index is 2.71. The standard InChI is InChI=1S/C14H22N2O/c1-10-5-6-11(2)12(7-10)8-13(17)16-14(3,4)9-15/h5-7H,8-9,15H2,1-4H3,(H,16,17). The molecule has 0 aromatic heterocycles. The molecule has 94 valence electrons. The molecule has 1 rings (SSSR count). The molecule has 1 aromatic carbocycles. The van der Waals surface area contributed by atoms with Gasteiger partial charge in [-0.2, -0.15) is 0 Å². The molecule has 0 saturated carbocycles. The summed E-state index contributed by atoms with van der Waals surface area (Å²) in [5, 5.41) is 2.94. The zero-order valence-corrected chi connectivity index (χ0v) is 11.1. The summed E-state index contributed by atoms with van der Waals surface area (Å²) in [5.41, 5.74) is 8.65. The van der Waals surface area contributed by atoms with E-state index in [1.54, 1.807) is 0 Å². The molecular weight excluding hydrogens is 212 g/mol. The van der Waals surface area contributed by atoms with Crippen LogP contribution in [0.5, 0.6) is 0 Å². The van der Waals surface area contributed by atoms with Gasteiger partial charge < -0.3 is 11.1 Å². The van der Waals surface area contributed by atoms with Gasteiger partial charge in [-0.1, -0.05) is 23.8 Å². The van der Waals surface area contributed by atoms with Crippen LogP contribution in [0.1, 0.15) is 30.5 Å². The molecule has 1 aromatic rings. The molecular formula is C14H22N2O. The fourth-order valence-corrected chi connectivity index (χ4v) is 1.64. The normalized spacial score (nSPS) is 11.4. The molecule has 0 aliphatic carbocycles. The molecule has 0 radical (unpaired) electrons. The lowest BCUT2D eigenvalue weighted by Gasteiger charge is -2.24. The van der Waals surface area contributed by atoms with E-state index in [-0.39, 0.29) is 11.4 Å². The van der Waals surface area contributed by atoms with Crippen molar-refractivity contribution in [3.63, 3.8) is 0 Å². The number of carbonyl (C=O) groups is 1. The molecule has 3 nitrogen and oxygen atoms in total. The Hall–Kier alpha value is -1.35. The van der Waals surface area contributed by atoms with Gasteiger partial charge in [-0.25, -0.2) is 0 Å². The lowest BCUT2D eigenvalue weighted by molar-refractivity contribution is -0.121. The minimum absolute atomic E-state index is 0.0224. The first-order valence-electron chi connectivity index (χ1n) is 5.91. The van der Waals surface area contributed by atoms with E-state index in [0.29, 0.717) is 13.0 Å². The zero-order chi connectivity index (χ0) is 13.1. The molecule has 0 atom stereocenters. The predicted molar refractivity (Wildman–Crippen MR) is 70.9 cm³/mol. The molecule has 1 amide bonds. The van der Waals surface area contributed by atoms with Crippen LogP contribution in [0.3, 0.4) is 0 Å². The number of hydrogen-bond donors (Lipinski definition) is 2.